The van der Waals surface area contributed by atoms with E-state index in [1.807, 2.05) is 30.9 Å². The van der Waals surface area contributed by atoms with Crippen LogP contribution in [-0.4, -0.2) is 37.1 Å². The highest BCUT2D eigenvalue weighted by atomic mass is 127. The number of aliphatic imine (C=N–C) groups is 1. The number of thioether (sulfide) groups is 1. The van der Waals surface area contributed by atoms with Crippen molar-refractivity contribution in [3.8, 4) is 0 Å². The summed E-state index contributed by atoms with van der Waals surface area (Å²) in [7, 11) is 1.83. The second-order valence-electron chi connectivity index (χ2n) is 5.39. The second kappa shape index (κ2) is 10.6. The summed E-state index contributed by atoms with van der Waals surface area (Å²) in [6, 6.07) is 8.57. The minimum atomic E-state index is 0. The quantitative estimate of drug-likeness (QED) is 0.403. The second-order valence-corrected chi connectivity index (χ2v) is 6.96. The third-order valence-electron chi connectivity index (χ3n) is 3.90. The molecule has 0 saturated heterocycles. The van der Waals surface area contributed by atoms with Gasteiger partial charge >= 0.3 is 0 Å². The fourth-order valence-electron chi connectivity index (χ4n) is 2.65. The van der Waals surface area contributed by atoms with Gasteiger partial charge in [-0.25, -0.2) is 0 Å². The van der Waals surface area contributed by atoms with Crippen LogP contribution in [0.5, 0.6) is 0 Å². The van der Waals surface area contributed by atoms with Gasteiger partial charge in [-0.1, -0.05) is 23.7 Å². The maximum Gasteiger partial charge on any atom is 0.191 e. The highest BCUT2D eigenvalue weighted by Gasteiger charge is 2.24. The molecule has 2 unspecified atom stereocenters. The average Bonchev–Trinajstić information content (AvgIpc) is 2.96. The maximum atomic E-state index is 5.89. The van der Waals surface area contributed by atoms with Crippen molar-refractivity contribution >= 4 is 53.3 Å². The molecule has 0 spiro atoms. The Morgan fingerprint density at radius 3 is 2.64 bits per heavy atom. The Bertz CT molecular complexity index is 467. The van der Waals surface area contributed by atoms with E-state index < -0.39 is 0 Å². The highest BCUT2D eigenvalue weighted by molar-refractivity contribution is 14.0. The fraction of sp³-hybridized carbons (Fsp3) is 0.562. The van der Waals surface area contributed by atoms with Crippen molar-refractivity contribution in [2.75, 3.05) is 19.8 Å². The Balaban J connectivity index is 0.00000242. The molecule has 3 nitrogen and oxygen atoms in total. The molecule has 1 aromatic carbocycles. The maximum absolute atomic E-state index is 5.89. The van der Waals surface area contributed by atoms with E-state index in [1.54, 1.807) is 0 Å². The van der Waals surface area contributed by atoms with Crippen LogP contribution < -0.4 is 10.6 Å². The van der Waals surface area contributed by atoms with E-state index in [0.717, 1.165) is 29.2 Å². The highest BCUT2D eigenvalue weighted by Crippen LogP contribution is 2.27. The first kappa shape index (κ1) is 19.9. The van der Waals surface area contributed by atoms with Gasteiger partial charge in [0.1, 0.15) is 0 Å². The number of hydrogen-bond acceptors (Lipinski definition) is 2. The zero-order valence-electron chi connectivity index (χ0n) is 13.1. The summed E-state index contributed by atoms with van der Waals surface area (Å²) in [5.41, 5.74) is 1.28. The number of nitrogens with one attached hydrogen (secondary N) is 2. The van der Waals surface area contributed by atoms with Crippen LogP contribution in [0.3, 0.4) is 0 Å². The van der Waals surface area contributed by atoms with Crippen LogP contribution in [0, 0.1) is 0 Å². The topological polar surface area (TPSA) is 36.4 Å². The Kier molecular flexibility index (Phi) is 9.59. The number of rotatable bonds is 5. The van der Waals surface area contributed by atoms with Crippen molar-refractivity contribution in [3.63, 3.8) is 0 Å². The smallest absolute Gasteiger partial charge is 0.191 e. The minimum Gasteiger partial charge on any atom is -0.356 e. The van der Waals surface area contributed by atoms with E-state index in [0.29, 0.717) is 6.04 Å². The van der Waals surface area contributed by atoms with Crippen LogP contribution in [-0.2, 0) is 6.42 Å². The number of guanidine groups is 1. The summed E-state index contributed by atoms with van der Waals surface area (Å²) >= 11 is 7.87. The van der Waals surface area contributed by atoms with Crippen LogP contribution in [0.15, 0.2) is 29.3 Å². The summed E-state index contributed by atoms with van der Waals surface area (Å²) in [5, 5.41) is 8.51. The first-order valence-corrected chi connectivity index (χ1v) is 9.12. The van der Waals surface area contributed by atoms with Crippen molar-refractivity contribution < 1.29 is 0 Å². The lowest BCUT2D eigenvalue weighted by Crippen LogP contribution is -2.43. The summed E-state index contributed by atoms with van der Waals surface area (Å²) < 4.78 is 0. The average molecular weight is 454 g/mol. The molecule has 1 fully saturated rings. The predicted octanol–water partition coefficient (Wildman–Crippen LogP) is 3.95. The van der Waals surface area contributed by atoms with Gasteiger partial charge in [0.2, 0.25) is 0 Å². The molecule has 22 heavy (non-hydrogen) atoms. The molecule has 2 rings (SSSR count). The number of benzene rings is 1. The first-order chi connectivity index (χ1) is 10.2. The van der Waals surface area contributed by atoms with Gasteiger partial charge in [-0.05, 0) is 49.6 Å². The predicted molar refractivity (Wildman–Crippen MR) is 110 cm³/mol. The van der Waals surface area contributed by atoms with Gasteiger partial charge in [0.25, 0.3) is 0 Å². The van der Waals surface area contributed by atoms with Crippen molar-refractivity contribution in [2.24, 2.45) is 4.99 Å². The van der Waals surface area contributed by atoms with Crippen LogP contribution in [0.4, 0.5) is 0 Å². The van der Waals surface area contributed by atoms with Gasteiger partial charge < -0.3 is 10.6 Å². The van der Waals surface area contributed by atoms with Gasteiger partial charge in [0.15, 0.2) is 5.96 Å². The summed E-state index contributed by atoms with van der Waals surface area (Å²) in [5.74, 6) is 0.913. The van der Waals surface area contributed by atoms with Gasteiger partial charge in [-0.3, -0.25) is 4.99 Å². The molecule has 6 heteroatoms. The van der Waals surface area contributed by atoms with E-state index in [9.17, 15) is 0 Å². The molecule has 1 aromatic rings. The van der Waals surface area contributed by atoms with Crippen molar-refractivity contribution in [1.29, 1.82) is 0 Å². The molecule has 1 saturated carbocycles. The normalized spacial score (nSPS) is 21.3. The molecule has 2 N–H and O–H groups in total. The number of hydrogen-bond donors (Lipinski definition) is 2. The molecule has 1 aliphatic rings. The minimum absolute atomic E-state index is 0. The lowest BCUT2D eigenvalue weighted by Gasteiger charge is -2.17. The molecule has 0 aromatic heterocycles. The standard InChI is InChI=1S/C16H24ClN3S.HI/c1-18-16(20-14-7-8-15(11-14)21-2)19-10-9-12-3-5-13(17)6-4-12;/h3-6,14-15H,7-11H2,1-2H3,(H2,18,19,20);1H. The molecular formula is C16H25ClIN3S. The summed E-state index contributed by atoms with van der Waals surface area (Å²) in [4.78, 5) is 4.31. The van der Waals surface area contributed by atoms with Gasteiger partial charge in [-0.2, -0.15) is 11.8 Å². The molecule has 2 atom stereocenters. The lowest BCUT2D eigenvalue weighted by atomic mass is 10.1. The van der Waals surface area contributed by atoms with E-state index in [2.05, 4.69) is 34.0 Å². The summed E-state index contributed by atoms with van der Waals surface area (Å²) in [6.45, 7) is 0.875. The van der Waals surface area contributed by atoms with Crippen molar-refractivity contribution in [3.05, 3.63) is 34.9 Å². The first-order valence-electron chi connectivity index (χ1n) is 7.45. The molecule has 0 bridgehead atoms. The van der Waals surface area contributed by atoms with Gasteiger partial charge in [-0.15, -0.1) is 24.0 Å². The Morgan fingerprint density at radius 2 is 2.05 bits per heavy atom. The molecule has 0 radical (unpaired) electrons. The Hall–Kier alpha value is -0.140. The molecule has 0 heterocycles. The SMILES string of the molecule is CN=C(NCCc1ccc(Cl)cc1)NC1CCC(SC)C1.I. The Labute approximate surface area is 160 Å². The monoisotopic (exact) mass is 453 g/mol. The largest absolute Gasteiger partial charge is 0.356 e. The molecular weight excluding hydrogens is 429 g/mol. The van der Waals surface area contributed by atoms with Gasteiger partial charge in [0, 0.05) is 29.9 Å². The fourth-order valence-corrected chi connectivity index (χ4v) is 3.57. The molecule has 124 valence electrons. The van der Waals surface area contributed by atoms with Crippen LogP contribution in [0.2, 0.25) is 5.02 Å². The van der Waals surface area contributed by atoms with E-state index in [4.69, 9.17) is 11.6 Å². The van der Waals surface area contributed by atoms with Crippen LogP contribution >= 0.6 is 47.3 Å². The third-order valence-corrected chi connectivity index (χ3v) is 5.25. The third kappa shape index (κ3) is 6.54. The number of nitrogens with zero attached hydrogens (tertiary/aromatic N) is 1. The van der Waals surface area contributed by atoms with Gasteiger partial charge in [0.05, 0.1) is 0 Å². The zero-order valence-corrected chi connectivity index (χ0v) is 17.0. The molecule has 0 amide bonds. The number of halogens is 2. The van der Waals surface area contributed by atoms with E-state index in [1.165, 1.54) is 24.8 Å². The van der Waals surface area contributed by atoms with E-state index >= 15 is 0 Å². The summed E-state index contributed by atoms with van der Waals surface area (Å²) in [6.07, 6.45) is 6.95. The van der Waals surface area contributed by atoms with Crippen LogP contribution in [0.25, 0.3) is 0 Å². The molecule has 1 aliphatic carbocycles. The van der Waals surface area contributed by atoms with E-state index in [-0.39, 0.29) is 24.0 Å². The van der Waals surface area contributed by atoms with Crippen LogP contribution in [0.1, 0.15) is 24.8 Å². The zero-order chi connectivity index (χ0) is 15.1. The van der Waals surface area contributed by atoms with Crippen molar-refractivity contribution in [2.45, 2.75) is 37.0 Å². The Morgan fingerprint density at radius 1 is 1.32 bits per heavy atom. The molecule has 0 aliphatic heterocycles. The van der Waals surface area contributed by atoms with Crippen molar-refractivity contribution in [1.82, 2.24) is 10.6 Å². The lowest BCUT2D eigenvalue weighted by molar-refractivity contribution is 0.614.